The van der Waals surface area contributed by atoms with Gasteiger partial charge in [0.1, 0.15) is 11.8 Å². The summed E-state index contributed by atoms with van der Waals surface area (Å²) in [7, 11) is 0. The summed E-state index contributed by atoms with van der Waals surface area (Å²) >= 11 is 0. The molecule has 0 aliphatic heterocycles. The molecule has 1 atom stereocenters. The average molecular weight is 279 g/mol. The highest BCUT2D eigenvalue weighted by molar-refractivity contribution is 5.84. The molecule has 2 N–H and O–H groups in total. The second-order valence-corrected chi connectivity index (χ2v) is 5.69. The number of ether oxygens (including phenoxy) is 1. The largest absolute Gasteiger partial charge is 0.484 e. The summed E-state index contributed by atoms with van der Waals surface area (Å²) in [6, 6.07) is 6.58. The predicted molar refractivity (Wildman–Crippen MR) is 75.9 cm³/mol. The van der Waals surface area contributed by atoms with Gasteiger partial charge in [-0.3, -0.25) is 9.59 Å². The maximum absolute atomic E-state index is 11.5. The van der Waals surface area contributed by atoms with E-state index in [4.69, 9.17) is 9.84 Å². The van der Waals surface area contributed by atoms with Crippen LogP contribution in [0.4, 0.5) is 0 Å². The van der Waals surface area contributed by atoms with Gasteiger partial charge in [0.05, 0.1) is 0 Å². The van der Waals surface area contributed by atoms with E-state index < -0.39 is 17.9 Å². The second-order valence-electron chi connectivity index (χ2n) is 5.69. The summed E-state index contributed by atoms with van der Waals surface area (Å²) in [4.78, 5) is 22.0. The van der Waals surface area contributed by atoms with E-state index in [-0.39, 0.29) is 12.0 Å². The maximum Gasteiger partial charge on any atom is 0.325 e. The van der Waals surface area contributed by atoms with Gasteiger partial charge >= 0.3 is 5.97 Å². The maximum atomic E-state index is 11.5. The number of rotatable bonds is 5. The lowest BCUT2D eigenvalue weighted by molar-refractivity contribution is -0.141. The van der Waals surface area contributed by atoms with E-state index in [0.717, 1.165) is 0 Å². The van der Waals surface area contributed by atoms with E-state index in [1.165, 1.54) is 12.5 Å². The van der Waals surface area contributed by atoms with Gasteiger partial charge in [-0.15, -0.1) is 0 Å². The third-order valence-corrected chi connectivity index (χ3v) is 2.84. The summed E-state index contributed by atoms with van der Waals surface area (Å²) in [6.07, 6.45) is 0. The summed E-state index contributed by atoms with van der Waals surface area (Å²) in [6.45, 7) is 7.54. The summed E-state index contributed by atoms with van der Waals surface area (Å²) in [5.41, 5.74) is 1.24. The summed E-state index contributed by atoms with van der Waals surface area (Å²) < 4.78 is 5.31. The van der Waals surface area contributed by atoms with Gasteiger partial charge in [-0.25, -0.2) is 0 Å². The highest BCUT2D eigenvalue weighted by Gasteiger charge is 2.15. The van der Waals surface area contributed by atoms with Crippen molar-refractivity contribution in [1.82, 2.24) is 5.32 Å². The molecule has 1 aromatic rings. The molecule has 0 fully saturated rings. The molecular weight excluding hydrogens is 258 g/mol. The quantitative estimate of drug-likeness (QED) is 0.864. The fourth-order valence-electron chi connectivity index (χ4n) is 1.54. The molecule has 0 aliphatic carbocycles. The van der Waals surface area contributed by atoms with E-state index in [1.54, 1.807) is 12.1 Å². The van der Waals surface area contributed by atoms with Crippen LogP contribution in [0.15, 0.2) is 24.3 Å². The lowest BCUT2D eigenvalue weighted by atomic mass is 9.87. The molecule has 0 spiro atoms. The monoisotopic (exact) mass is 279 g/mol. The number of hydrogen-bond acceptors (Lipinski definition) is 3. The molecule has 0 aliphatic rings. The smallest absolute Gasteiger partial charge is 0.325 e. The number of nitrogens with one attached hydrogen (secondary N) is 1. The molecule has 0 saturated carbocycles. The van der Waals surface area contributed by atoms with Crippen molar-refractivity contribution in [3.05, 3.63) is 29.8 Å². The number of carbonyl (C=O) groups is 2. The summed E-state index contributed by atoms with van der Waals surface area (Å²) in [5.74, 6) is -0.955. The number of amides is 1. The highest BCUT2D eigenvalue weighted by atomic mass is 16.5. The second kappa shape index (κ2) is 6.41. The van der Waals surface area contributed by atoms with Crippen molar-refractivity contribution >= 4 is 11.9 Å². The number of hydrogen-bond donors (Lipinski definition) is 2. The first-order valence-electron chi connectivity index (χ1n) is 6.45. The lowest BCUT2D eigenvalue weighted by Crippen LogP contribution is -2.40. The van der Waals surface area contributed by atoms with Crippen LogP contribution in [0.25, 0.3) is 0 Å². The standard InChI is InChI=1S/C15H21NO4/c1-10(14(18)19)16-13(17)9-20-12-7-5-11(6-8-12)15(2,3)4/h5-8,10H,9H2,1-4H3,(H,16,17)(H,18,19)/t10-/m1/s1. The molecule has 0 aromatic heterocycles. The first kappa shape index (κ1) is 16.0. The predicted octanol–water partition coefficient (Wildman–Crippen LogP) is 1.95. The van der Waals surface area contributed by atoms with Crippen molar-refractivity contribution in [2.24, 2.45) is 0 Å². The van der Waals surface area contributed by atoms with Crippen LogP contribution in [0.1, 0.15) is 33.3 Å². The van der Waals surface area contributed by atoms with Gasteiger partial charge in [0.15, 0.2) is 6.61 Å². The van der Waals surface area contributed by atoms with Crippen LogP contribution in [0.5, 0.6) is 5.75 Å². The van der Waals surface area contributed by atoms with Gasteiger partial charge < -0.3 is 15.2 Å². The van der Waals surface area contributed by atoms with Gasteiger partial charge in [-0.05, 0) is 30.0 Å². The van der Waals surface area contributed by atoms with Crippen LogP contribution < -0.4 is 10.1 Å². The van der Waals surface area contributed by atoms with E-state index >= 15 is 0 Å². The van der Waals surface area contributed by atoms with E-state index in [1.807, 2.05) is 12.1 Å². The van der Waals surface area contributed by atoms with Gasteiger partial charge in [0, 0.05) is 0 Å². The molecule has 1 aromatic carbocycles. The Labute approximate surface area is 118 Å². The van der Waals surface area contributed by atoms with Crippen LogP contribution in [0, 0.1) is 0 Å². The molecular formula is C15H21NO4. The Kier molecular flexibility index (Phi) is 5.13. The Hall–Kier alpha value is -2.04. The SMILES string of the molecule is C[C@@H](NC(=O)COc1ccc(C(C)(C)C)cc1)C(=O)O. The van der Waals surface area contributed by atoms with Crippen LogP contribution in [-0.2, 0) is 15.0 Å². The molecule has 5 nitrogen and oxygen atoms in total. The van der Waals surface area contributed by atoms with Gasteiger partial charge in [-0.2, -0.15) is 0 Å². The number of carbonyl (C=O) groups excluding carboxylic acids is 1. The lowest BCUT2D eigenvalue weighted by Gasteiger charge is -2.19. The summed E-state index contributed by atoms with van der Waals surface area (Å²) in [5, 5.41) is 11.0. The van der Waals surface area contributed by atoms with Crippen LogP contribution >= 0.6 is 0 Å². The normalized spacial score (nSPS) is 12.6. The molecule has 1 amide bonds. The van der Waals surface area contributed by atoms with Crippen molar-refractivity contribution in [3.63, 3.8) is 0 Å². The van der Waals surface area contributed by atoms with Crippen molar-refractivity contribution in [2.75, 3.05) is 6.61 Å². The third kappa shape index (κ3) is 4.91. The minimum absolute atomic E-state index is 0.0623. The van der Waals surface area contributed by atoms with Crippen molar-refractivity contribution in [1.29, 1.82) is 0 Å². The zero-order valence-corrected chi connectivity index (χ0v) is 12.3. The van der Waals surface area contributed by atoms with Crippen molar-refractivity contribution in [2.45, 2.75) is 39.2 Å². The molecule has 0 unspecified atom stereocenters. The first-order valence-corrected chi connectivity index (χ1v) is 6.45. The number of carboxylic acid groups (broad SMARTS) is 1. The fourth-order valence-corrected chi connectivity index (χ4v) is 1.54. The Morgan fingerprint density at radius 3 is 2.25 bits per heavy atom. The first-order chi connectivity index (χ1) is 9.20. The van der Waals surface area contributed by atoms with Gasteiger partial charge in [-0.1, -0.05) is 32.9 Å². The molecule has 1 rings (SSSR count). The molecule has 0 radical (unpaired) electrons. The number of aliphatic carboxylic acids is 1. The van der Waals surface area contributed by atoms with Crippen molar-refractivity contribution in [3.8, 4) is 5.75 Å². The topological polar surface area (TPSA) is 75.6 Å². The zero-order chi connectivity index (χ0) is 15.3. The van der Waals surface area contributed by atoms with E-state index in [2.05, 4.69) is 26.1 Å². The zero-order valence-electron chi connectivity index (χ0n) is 12.3. The Morgan fingerprint density at radius 2 is 1.80 bits per heavy atom. The minimum atomic E-state index is -1.08. The van der Waals surface area contributed by atoms with Gasteiger partial charge in [0.25, 0.3) is 5.91 Å². The molecule has 0 saturated heterocycles. The van der Waals surface area contributed by atoms with Gasteiger partial charge in [0.2, 0.25) is 0 Å². The fraction of sp³-hybridized carbons (Fsp3) is 0.467. The Morgan fingerprint density at radius 1 is 1.25 bits per heavy atom. The van der Waals surface area contributed by atoms with Crippen molar-refractivity contribution < 1.29 is 19.4 Å². The number of benzene rings is 1. The van der Waals surface area contributed by atoms with E-state index in [9.17, 15) is 9.59 Å². The third-order valence-electron chi connectivity index (χ3n) is 2.84. The van der Waals surface area contributed by atoms with E-state index in [0.29, 0.717) is 5.75 Å². The molecule has 0 bridgehead atoms. The minimum Gasteiger partial charge on any atom is -0.484 e. The average Bonchev–Trinajstić information content (AvgIpc) is 2.35. The highest BCUT2D eigenvalue weighted by Crippen LogP contribution is 2.24. The molecule has 5 heteroatoms. The van der Waals surface area contributed by atoms with Crippen LogP contribution in [0.2, 0.25) is 0 Å². The van der Waals surface area contributed by atoms with Crippen LogP contribution in [-0.4, -0.2) is 29.6 Å². The molecule has 20 heavy (non-hydrogen) atoms. The Balaban J connectivity index is 2.50. The Bertz CT molecular complexity index is 474. The molecule has 0 heterocycles. The number of carboxylic acids is 1. The molecule has 110 valence electrons. The van der Waals surface area contributed by atoms with Crippen LogP contribution in [0.3, 0.4) is 0 Å².